The monoisotopic (exact) mass is 253 g/mol. The van der Waals surface area contributed by atoms with Crippen molar-refractivity contribution < 1.29 is 9.66 Å². The van der Waals surface area contributed by atoms with Gasteiger partial charge in [-0.25, -0.2) is 0 Å². The van der Waals surface area contributed by atoms with Crippen LogP contribution in [-0.4, -0.2) is 31.7 Å². The first-order chi connectivity index (χ1) is 8.70. The van der Waals surface area contributed by atoms with Gasteiger partial charge in [-0.1, -0.05) is 13.0 Å². The predicted octanol–water partition coefficient (Wildman–Crippen LogP) is 2.48. The van der Waals surface area contributed by atoms with Crippen molar-refractivity contribution in [3.05, 3.63) is 28.3 Å². The zero-order valence-corrected chi connectivity index (χ0v) is 10.7. The highest BCUT2D eigenvalue weighted by Crippen LogP contribution is 2.32. The molecule has 0 bridgehead atoms. The summed E-state index contributed by atoms with van der Waals surface area (Å²) in [7, 11) is 1.59. The highest BCUT2D eigenvalue weighted by atomic mass is 16.6. The lowest BCUT2D eigenvalue weighted by molar-refractivity contribution is -0.383. The predicted molar refractivity (Wildman–Crippen MR) is 72.2 cm³/mol. The molecular weight excluding hydrogens is 234 g/mol. The molecule has 0 saturated heterocycles. The van der Waals surface area contributed by atoms with Gasteiger partial charge in [-0.2, -0.15) is 0 Å². The van der Waals surface area contributed by atoms with E-state index in [1.54, 1.807) is 25.3 Å². The molecule has 1 aromatic carbocycles. The number of rotatable bonds is 8. The molecule has 1 aromatic rings. The summed E-state index contributed by atoms with van der Waals surface area (Å²) in [5.74, 6) is 0. The highest BCUT2D eigenvalue weighted by molar-refractivity contribution is 5.76. The molecule has 0 aliphatic carbocycles. The second kappa shape index (κ2) is 7.50. The maximum Gasteiger partial charge on any atom is 0.315 e. The molecule has 6 nitrogen and oxygen atoms in total. The molecule has 0 fully saturated rings. The summed E-state index contributed by atoms with van der Waals surface area (Å²) in [6, 6.07) is 5.21. The fourth-order valence-corrected chi connectivity index (χ4v) is 1.57. The van der Waals surface area contributed by atoms with Crippen LogP contribution in [0.2, 0.25) is 0 Å². The maximum absolute atomic E-state index is 11.1. The number of nitro groups is 1. The molecule has 6 heteroatoms. The van der Waals surface area contributed by atoms with Gasteiger partial charge < -0.3 is 15.4 Å². The number of methoxy groups -OCH3 is 1. The number of nitrogens with zero attached hydrogens (tertiary/aromatic N) is 1. The van der Waals surface area contributed by atoms with Crippen LogP contribution in [0.25, 0.3) is 0 Å². The number of hydrogen-bond acceptors (Lipinski definition) is 5. The summed E-state index contributed by atoms with van der Waals surface area (Å²) >= 11 is 0. The summed E-state index contributed by atoms with van der Waals surface area (Å²) in [5.41, 5.74) is 1.14. The third kappa shape index (κ3) is 3.89. The fraction of sp³-hybridized carbons (Fsp3) is 0.500. The van der Waals surface area contributed by atoms with E-state index in [-0.39, 0.29) is 10.6 Å². The van der Waals surface area contributed by atoms with Gasteiger partial charge in [0, 0.05) is 20.2 Å². The lowest BCUT2D eigenvalue weighted by Gasteiger charge is -2.11. The quantitative estimate of drug-likeness (QED) is 0.423. The van der Waals surface area contributed by atoms with Gasteiger partial charge in [0.2, 0.25) is 0 Å². The maximum atomic E-state index is 11.1. The van der Waals surface area contributed by atoms with Crippen LogP contribution in [0.5, 0.6) is 0 Å². The van der Waals surface area contributed by atoms with Gasteiger partial charge in [0.05, 0.1) is 11.5 Å². The van der Waals surface area contributed by atoms with Crippen LogP contribution in [-0.2, 0) is 4.74 Å². The van der Waals surface area contributed by atoms with Crippen LogP contribution in [0, 0.1) is 10.1 Å². The standard InChI is InChI=1S/C12H19N3O3/c1-3-7-13-10-5-4-6-11(12(10)15(16)17)14-8-9-18-2/h4-6,13-14H,3,7-9H2,1-2H3. The van der Waals surface area contributed by atoms with Crippen molar-refractivity contribution in [2.75, 3.05) is 37.4 Å². The van der Waals surface area contributed by atoms with E-state index in [0.717, 1.165) is 6.42 Å². The summed E-state index contributed by atoms with van der Waals surface area (Å²) in [5, 5.41) is 17.2. The molecule has 18 heavy (non-hydrogen) atoms. The smallest absolute Gasteiger partial charge is 0.315 e. The van der Waals surface area contributed by atoms with Gasteiger partial charge in [-0.3, -0.25) is 10.1 Å². The number of benzene rings is 1. The van der Waals surface area contributed by atoms with Crippen LogP contribution >= 0.6 is 0 Å². The number of nitrogens with one attached hydrogen (secondary N) is 2. The Balaban J connectivity index is 2.90. The van der Waals surface area contributed by atoms with Crippen LogP contribution in [0.15, 0.2) is 18.2 Å². The van der Waals surface area contributed by atoms with E-state index in [0.29, 0.717) is 31.1 Å². The second-order valence-corrected chi connectivity index (χ2v) is 3.81. The van der Waals surface area contributed by atoms with Gasteiger partial charge in [-0.15, -0.1) is 0 Å². The Hall–Kier alpha value is -1.82. The normalized spacial score (nSPS) is 10.1. The van der Waals surface area contributed by atoms with Crippen LogP contribution < -0.4 is 10.6 Å². The number of hydrogen-bond donors (Lipinski definition) is 2. The minimum absolute atomic E-state index is 0.0852. The van der Waals surface area contributed by atoms with Gasteiger partial charge >= 0.3 is 5.69 Å². The molecule has 0 atom stereocenters. The minimum atomic E-state index is -0.368. The van der Waals surface area contributed by atoms with Gasteiger partial charge in [0.15, 0.2) is 0 Å². The SMILES string of the molecule is CCCNc1cccc(NCCOC)c1[N+](=O)[O-]. The Morgan fingerprint density at radius 1 is 1.28 bits per heavy atom. The zero-order chi connectivity index (χ0) is 13.4. The number of para-hydroxylation sites is 1. The van der Waals surface area contributed by atoms with E-state index in [4.69, 9.17) is 4.74 Å². The van der Waals surface area contributed by atoms with Crippen molar-refractivity contribution >= 4 is 17.1 Å². The summed E-state index contributed by atoms with van der Waals surface area (Å²) in [6.45, 7) is 3.76. The van der Waals surface area contributed by atoms with Crippen molar-refractivity contribution in [2.45, 2.75) is 13.3 Å². The third-order valence-electron chi connectivity index (χ3n) is 2.41. The molecule has 2 N–H and O–H groups in total. The van der Waals surface area contributed by atoms with E-state index in [1.807, 2.05) is 6.92 Å². The molecule has 0 aliphatic heterocycles. The van der Waals surface area contributed by atoms with Crippen molar-refractivity contribution in [3.8, 4) is 0 Å². The average Bonchev–Trinajstić information content (AvgIpc) is 2.36. The molecule has 0 radical (unpaired) electrons. The van der Waals surface area contributed by atoms with E-state index >= 15 is 0 Å². The van der Waals surface area contributed by atoms with E-state index in [2.05, 4.69) is 10.6 Å². The molecule has 0 spiro atoms. The van der Waals surface area contributed by atoms with Crippen LogP contribution in [0.4, 0.5) is 17.1 Å². The van der Waals surface area contributed by atoms with Gasteiger partial charge in [0.25, 0.3) is 0 Å². The molecular formula is C12H19N3O3. The highest BCUT2D eigenvalue weighted by Gasteiger charge is 2.18. The van der Waals surface area contributed by atoms with E-state index < -0.39 is 0 Å². The zero-order valence-electron chi connectivity index (χ0n) is 10.7. The average molecular weight is 253 g/mol. The summed E-state index contributed by atoms with van der Waals surface area (Å²) in [6.07, 6.45) is 0.915. The van der Waals surface area contributed by atoms with Crippen LogP contribution in [0.1, 0.15) is 13.3 Å². The van der Waals surface area contributed by atoms with Gasteiger partial charge in [-0.05, 0) is 18.6 Å². The first-order valence-corrected chi connectivity index (χ1v) is 5.94. The van der Waals surface area contributed by atoms with E-state index in [1.165, 1.54) is 0 Å². The summed E-state index contributed by atoms with van der Waals surface area (Å²) < 4.78 is 4.91. The molecule has 0 saturated carbocycles. The third-order valence-corrected chi connectivity index (χ3v) is 2.41. The Bertz CT molecular complexity index is 396. The molecule has 0 aliphatic rings. The molecule has 1 rings (SSSR count). The van der Waals surface area contributed by atoms with Gasteiger partial charge in [0.1, 0.15) is 11.4 Å². The van der Waals surface area contributed by atoms with Crippen molar-refractivity contribution in [1.82, 2.24) is 0 Å². The fourth-order valence-electron chi connectivity index (χ4n) is 1.57. The number of nitro benzene ring substituents is 1. The van der Waals surface area contributed by atoms with Crippen LogP contribution in [0.3, 0.4) is 0 Å². The topological polar surface area (TPSA) is 76.4 Å². The van der Waals surface area contributed by atoms with Crippen molar-refractivity contribution in [3.63, 3.8) is 0 Å². The second-order valence-electron chi connectivity index (χ2n) is 3.81. The largest absolute Gasteiger partial charge is 0.383 e. The molecule has 0 heterocycles. The minimum Gasteiger partial charge on any atom is -0.383 e. The Labute approximate surface area is 106 Å². The lowest BCUT2D eigenvalue weighted by atomic mass is 10.2. The van der Waals surface area contributed by atoms with Crippen molar-refractivity contribution in [1.29, 1.82) is 0 Å². The lowest BCUT2D eigenvalue weighted by Crippen LogP contribution is -2.11. The molecule has 0 amide bonds. The first kappa shape index (κ1) is 14.2. The Morgan fingerprint density at radius 3 is 2.39 bits per heavy atom. The number of ether oxygens (including phenoxy) is 1. The number of anilines is 2. The molecule has 100 valence electrons. The van der Waals surface area contributed by atoms with Crippen molar-refractivity contribution in [2.24, 2.45) is 0 Å². The Morgan fingerprint density at radius 2 is 1.89 bits per heavy atom. The van der Waals surface area contributed by atoms with E-state index in [9.17, 15) is 10.1 Å². The first-order valence-electron chi connectivity index (χ1n) is 5.94. The molecule has 0 unspecified atom stereocenters. The molecule has 0 aromatic heterocycles. The Kier molecular flexibility index (Phi) is 5.93. The summed E-state index contributed by atoms with van der Waals surface area (Å²) in [4.78, 5) is 10.8.